The quantitative estimate of drug-likeness (QED) is 0.573. The van der Waals surface area contributed by atoms with Crippen molar-refractivity contribution >= 4 is 20.6 Å². The summed E-state index contributed by atoms with van der Waals surface area (Å²) in [7, 11) is -9.55. The van der Waals surface area contributed by atoms with Gasteiger partial charge in [0.25, 0.3) is 0 Å². The fraction of sp³-hybridized carbons (Fsp3) is 1.00. The lowest BCUT2D eigenvalue weighted by molar-refractivity contribution is 0.0234. The van der Waals surface area contributed by atoms with Crippen LogP contribution in [0.3, 0.4) is 0 Å². The monoisotopic (exact) mass is 356 g/mol. The first-order chi connectivity index (χ1) is 10.2. The molecule has 2 aliphatic rings. The van der Waals surface area contributed by atoms with Gasteiger partial charge in [0.2, 0.25) is 0 Å². The second-order valence-corrected chi connectivity index (χ2v) is 8.62. The normalized spacial score (nSPS) is 23.3. The fourth-order valence-electron chi connectivity index (χ4n) is 3.51. The molecule has 0 saturated heterocycles. The molecule has 130 valence electrons. The second kappa shape index (κ2) is 7.10. The average molecular weight is 356 g/mol. The van der Waals surface area contributed by atoms with Crippen molar-refractivity contribution in [2.45, 2.75) is 76.3 Å². The zero-order chi connectivity index (χ0) is 16.4. The maximum atomic E-state index is 11.8. The van der Waals surface area contributed by atoms with E-state index in [-0.39, 0.29) is 0 Å². The number of hydrogen-bond acceptors (Lipinski definition) is 4. The molecule has 0 aromatic rings. The van der Waals surface area contributed by atoms with Crippen LogP contribution in [-0.2, 0) is 20.6 Å². The molecular formula is C12H24N2O6S2. The molecule has 22 heavy (non-hydrogen) atoms. The highest BCUT2D eigenvalue weighted by atomic mass is 32.2. The molecule has 0 aromatic carbocycles. The van der Waals surface area contributed by atoms with E-state index in [4.69, 9.17) is 0 Å². The molecule has 2 saturated carbocycles. The molecule has 0 atom stereocenters. The molecule has 0 aliphatic heterocycles. The lowest BCUT2D eigenvalue weighted by atomic mass is 9.95. The summed E-state index contributed by atoms with van der Waals surface area (Å²) in [4.78, 5) is 0. The highest BCUT2D eigenvalue weighted by molar-refractivity contribution is 7.86. The van der Waals surface area contributed by atoms with Crippen LogP contribution in [0.25, 0.3) is 0 Å². The van der Waals surface area contributed by atoms with Crippen LogP contribution in [0.2, 0.25) is 0 Å². The molecule has 0 aromatic heterocycles. The van der Waals surface area contributed by atoms with Crippen molar-refractivity contribution in [2.75, 3.05) is 0 Å². The van der Waals surface area contributed by atoms with Crippen LogP contribution in [0.5, 0.6) is 0 Å². The van der Waals surface area contributed by atoms with Crippen LogP contribution >= 0.6 is 0 Å². The first-order valence-corrected chi connectivity index (χ1v) is 10.5. The van der Waals surface area contributed by atoms with Crippen LogP contribution < -0.4 is 0 Å². The van der Waals surface area contributed by atoms with Gasteiger partial charge >= 0.3 is 20.6 Å². The Labute approximate surface area is 132 Å². The molecule has 2 rings (SSSR count). The van der Waals surface area contributed by atoms with Crippen LogP contribution in [0.4, 0.5) is 0 Å². The van der Waals surface area contributed by atoms with E-state index < -0.39 is 32.7 Å². The van der Waals surface area contributed by atoms with Gasteiger partial charge in [0.1, 0.15) is 0 Å². The van der Waals surface area contributed by atoms with Crippen molar-refractivity contribution in [2.24, 2.45) is 0 Å². The molecular weight excluding hydrogens is 332 g/mol. The van der Waals surface area contributed by atoms with Gasteiger partial charge in [-0.15, -0.1) is 0 Å². The zero-order valence-electron chi connectivity index (χ0n) is 12.5. The van der Waals surface area contributed by atoms with Crippen molar-refractivity contribution in [3.05, 3.63) is 0 Å². The third-order valence-corrected chi connectivity index (χ3v) is 6.44. The molecule has 2 fully saturated rings. The molecule has 8 nitrogen and oxygen atoms in total. The minimum atomic E-state index is -4.78. The summed E-state index contributed by atoms with van der Waals surface area (Å²) in [5.74, 6) is 0. The Morgan fingerprint density at radius 1 is 0.591 bits per heavy atom. The number of hydrogen-bond donors (Lipinski definition) is 2. The summed E-state index contributed by atoms with van der Waals surface area (Å²) in [5, 5.41) is 0. The number of hydrazine groups is 1. The molecule has 10 heteroatoms. The number of nitrogens with zero attached hydrogens (tertiary/aromatic N) is 2. The third kappa shape index (κ3) is 4.39. The Kier molecular flexibility index (Phi) is 5.84. The van der Waals surface area contributed by atoms with E-state index >= 15 is 0 Å². The number of rotatable bonds is 5. The van der Waals surface area contributed by atoms with Crippen LogP contribution in [0, 0.1) is 0 Å². The van der Waals surface area contributed by atoms with E-state index in [1.807, 2.05) is 0 Å². The Morgan fingerprint density at radius 2 is 0.864 bits per heavy atom. The summed E-state index contributed by atoms with van der Waals surface area (Å²) in [6.07, 6.45) is 6.84. The van der Waals surface area contributed by atoms with Gasteiger partial charge in [-0.05, 0) is 25.7 Å². The second-order valence-electron chi connectivity index (χ2n) is 6.08. The largest absolute Gasteiger partial charge is 0.350 e. The van der Waals surface area contributed by atoms with Crippen molar-refractivity contribution < 1.29 is 25.9 Å². The minimum absolute atomic E-state index is 0.471. The maximum absolute atomic E-state index is 11.8. The van der Waals surface area contributed by atoms with Gasteiger partial charge in [0.15, 0.2) is 0 Å². The lowest BCUT2D eigenvalue weighted by Gasteiger charge is -2.41. The van der Waals surface area contributed by atoms with Gasteiger partial charge in [-0.25, -0.2) is 0 Å². The first kappa shape index (κ1) is 18.1. The Morgan fingerprint density at radius 3 is 1.09 bits per heavy atom. The maximum Gasteiger partial charge on any atom is 0.350 e. The van der Waals surface area contributed by atoms with Gasteiger partial charge in [-0.1, -0.05) is 47.4 Å². The SMILES string of the molecule is O=S(=O)(O)N(C1CCCCC1)N(C1CCCCC1)S(=O)(=O)O. The smallest absolute Gasteiger partial charge is 0.272 e. The zero-order valence-corrected chi connectivity index (χ0v) is 14.1. The van der Waals surface area contributed by atoms with Crippen molar-refractivity contribution in [3.8, 4) is 0 Å². The van der Waals surface area contributed by atoms with Crippen molar-refractivity contribution in [1.82, 2.24) is 8.83 Å². The van der Waals surface area contributed by atoms with Crippen LogP contribution in [0.15, 0.2) is 0 Å². The highest BCUT2D eigenvalue weighted by Gasteiger charge is 2.44. The standard InChI is InChI=1S/C12H24N2O6S2/c15-21(16,17)13(11-7-3-1-4-8-11)14(22(18,19)20)12-9-5-2-6-10-12/h11-12H,1-10H2,(H,15,16,17)(H,18,19,20). The summed E-state index contributed by atoms with van der Waals surface area (Å²) in [6, 6.07) is -1.26. The van der Waals surface area contributed by atoms with Crippen molar-refractivity contribution in [1.29, 1.82) is 0 Å². The molecule has 0 spiro atoms. The van der Waals surface area contributed by atoms with Gasteiger partial charge in [-0.2, -0.15) is 16.8 Å². The highest BCUT2D eigenvalue weighted by Crippen LogP contribution is 2.32. The topological polar surface area (TPSA) is 115 Å². The van der Waals surface area contributed by atoms with E-state index in [1.54, 1.807) is 0 Å². The Bertz CT molecular complexity index is 512. The Hall–Kier alpha value is -0.260. The van der Waals surface area contributed by atoms with E-state index in [0.29, 0.717) is 34.5 Å². The first-order valence-electron chi connectivity index (χ1n) is 7.75. The summed E-state index contributed by atoms with van der Waals surface area (Å²) in [6.45, 7) is 0. The molecule has 2 aliphatic carbocycles. The van der Waals surface area contributed by atoms with Crippen LogP contribution in [0.1, 0.15) is 64.2 Å². The Balaban J connectivity index is 2.38. The van der Waals surface area contributed by atoms with Crippen molar-refractivity contribution in [3.63, 3.8) is 0 Å². The molecule has 0 bridgehead atoms. The third-order valence-electron chi connectivity index (χ3n) is 4.44. The molecule has 0 unspecified atom stereocenters. The van der Waals surface area contributed by atoms with Gasteiger partial charge < -0.3 is 0 Å². The van der Waals surface area contributed by atoms with Gasteiger partial charge in [0.05, 0.1) is 0 Å². The van der Waals surface area contributed by atoms with E-state index in [0.717, 1.165) is 38.5 Å². The lowest BCUT2D eigenvalue weighted by Crippen LogP contribution is -2.58. The predicted octanol–water partition coefficient (Wildman–Crippen LogP) is 1.78. The predicted molar refractivity (Wildman–Crippen MR) is 80.5 cm³/mol. The average Bonchev–Trinajstić information content (AvgIpc) is 2.44. The summed E-state index contributed by atoms with van der Waals surface area (Å²) < 4.78 is 67.5. The summed E-state index contributed by atoms with van der Waals surface area (Å²) in [5.41, 5.74) is 0. The molecule has 0 radical (unpaired) electrons. The van der Waals surface area contributed by atoms with Gasteiger partial charge in [0, 0.05) is 12.1 Å². The summed E-state index contributed by atoms with van der Waals surface area (Å²) >= 11 is 0. The molecule has 0 heterocycles. The van der Waals surface area contributed by atoms with E-state index in [1.165, 1.54) is 0 Å². The fourth-order valence-corrected chi connectivity index (χ4v) is 5.86. The molecule has 0 amide bonds. The molecule has 2 N–H and O–H groups in total. The minimum Gasteiger partial charge on any atom is -0.272 e. The van der Waals surface area contributed by atoms with Gasteiger partial charge in [-0.3, -0.25) is 9.11 Å². The van der Waals surface area contributed by atoms with E-state index in [9.17, 15) is 25.9 Å². The van der Waals surface area contributed by atoms with Crippen LogP contribution in [-0.4, -0.2) is 46.9 Å². The van der Waals surface area contributed by atoms with E-state index in [2.05, 4.69) is 0 Å².